The second kappa shape index (κ2) is 9.41. The molecule has 0 radical (unpaired) electrons. The lowest BCUT2D eigenvalue weighted by Gasteiger charge is -2.37. The summed E-state index contributed by atoms with van der Waals surface area (Å²) in [5.74, 6) is 1.32. The number of para-hydroxylation sites is 2. The van der Waals surface area contributed by atoms with E-state index in [0.717, 1.165) is 22.8 Å². The Balaban J connectivity index is 1.43. The van der Waals surface area contributed by atoms with Crippen LogP contribution in [0.1, 0.15) is 0 Å². The minimum atomic E-state index is 0.00366. The number of rotatable bonds is 5. The number of hydrogen-bond acceptors (Lipinski definition) is 4. The van der Waals surface area contributed by atoms with Crippen LogP contribution >= 0.6 is 0 Å². The molecule has 38 heavy (non-hydrogen) atoms. The van der Waals surface area contributed by atoms with Gasteiger partial charge in [0.25, 0.3) is 0 Å². The van der Waals surface area contributed by atoms with E-state index in [0.29, 0.717) is 5.88 Å². The lowest BCUT2D eigenvalue weighted by molar-refractivity contribution is 0.463. The van der Waals surface area contributed by atoms with Gasteiger partial charge < -0.3 is 9.64 Å². The van der Waals surface area contributed by atoms with Crippen molar-refractivity contribution in [3.8, 4) is 17.3 Å². The molecule has 7 rings (SSSR count). The molecule has 6 heteroatoms. The first-order valence-electron chi connectivity index (χ1n) is 12.6. The van der Waals surface area contributed by atoms with E-state index in [1.165, 1.54) is 22.1 Å². The van der Waals surface area contributed by atoms with Gasteiger partial charge in [0.15, 0.2) is 0 Å². The molecule has 4 aromatic carbocycles. The van der Waals surface area contributed by atoms with E-state index in [-0.39, 0.29) is 6.71 Å². The second-order valence-electron chi connectivity index (χ2n) is 9.20. The molecule has 1 aliphatic rings. The van der Waals surface area contributed by atoms with E-state index < -0.39 is 0 Å². The molecule has 180 valence electrons. The molecule has 0 N–H and O–H groups in total. The minimum Gasteiger partial charge on any atom is -0.439 e. The van der Waals surface area contributed by atoms with Crippen LogP contribution in [0.25, 0.3) is 5.69 Å². The average Bonchev–Trinajstić information content (AvgIpc) is 3.52. The zero-order chi connectivity index (χ0) is 25.3. The largest absolute Gasteiger partial charge is 0.439 e. The van der Waals surface area contributed by atoms with Crippen LogP contribution < -0.4 is 26.0 Å². The molecule has 0 amide bonds. The van der Waals surface area contributed by atoms with Crippen molar-refractivity contribution in [1.82, 2.24) is 14.8 Å². The number of pyridine rings is 1. The number of anilines is 3. The second-order valence-corrected chi connectivity index (χ2v) is 9.20. The molecule has 0 saturated heterocycles. The Hall–Kier alpha value is -5.10. The van der Waals surface area contributed by atoms with Crippen LogP contribution in [0, 0.1) is 0 Å². The number of nitrogens with zero attached hydrogens (tertiary/aromatic N) is 4. The van der Waals surface area contributed by atoms with Crippen LogP contribution in [-0.2, 0) is 0 Å². The van der Waals surface area contributed by atoms with Crippen molar-refractivity contribution in [1.29, 1.82) is 0 Å². The maximum Gasteiger partial charge on any atom is 0.246 e. The zero-order valence-electron chi connectivity index (χ0n) is 20.6. The lowest BCUT2D eigenvalue weighted by atomic mass is 9.35. The van der Waals surface area contributed by atoms with Gasteiger partial charge in [-0.1, -0.05) is 60.1 Å². The summed E-state index contributed by atoms with van der Waals surface area (Å²) < 4.78 is 8.10. The summed E-state index contributed by atoms with van der Waals surface area (Å²) in [4.78, 5) is 6.70. The summed E-state index contributed by atoms with van der Waals surface area (Å²) in [6, 6.07) is 41.7. The van der Waals surface area contributed by atoms with Gasteiger partial charge in [0.1, 0.15) is 5.75 Å². The van der Waals surface area contributed by atoms with Crippen molar-refractivity contribution in [3.05, 3.63) is 140 Å². The monoisotopic (exact) mass is 490 g/mol. The summed E-state index contributed by atoms with van der Waals surface area (Å²) in [7, 11) is 0. The predicted octanol–water partition coefficient (Wildman–Crippen LogP) is 5.36. The third kappa shape index (κ3) is 3.93. The van der Waals surface area contributed by atoms with Gasteiger partial charge in [-0.15, -0.1) is 0 Å². The quantitative estimate of drug-likeness (QED) is 0.305. The Morgan fingerprint density at radius 2 is 1.42 bits per heavy atom. The fourth-order valence-electron chi connectivity index (χ4n) is 5.27. The van der Waals surface area contributed by atoms with Gasteiger partial charge in [0.2, 0.25) is 12.6 Å². The summed E-state index contributed by atoms with van der Waals surface area (Å²) >= 11 is 0. The molecule has 5 nitrogen and oxygen atoms in total. The SMILES string of the molecule is c1ccc(N2c3ccccc3B(c3cccc(-n4cccn4)c3)c3cc(Oc4ccccn4)ccc32)cc1. The highest BCUT2D eigenvalue weighted by Gasteiger charge is 2.35. The first-order valence-corrected chi connectivity index (χ1v) is 12.6. The number of benzene rings is 4. The first-order chi connectivity index (χ1) is 18.8. The van der Waals surface area contributed by atoms with E-state index >= 15 is 0 Å². The molecular formula is C32H23BN4O. The number of fused-ring (bicyclic) bond motifs is 2. The Morgan fingerprint density at radius 1 is 0.605 bits per heavy atom. The number of aromatic nitrogens is 3. The van der Waals surface area contributed by atoms with Crippen LogP contribution in [0.4, 0.5) is 17.1 Å². The van der Waals surface area contributed by atoms with Crippen molar-refractivity contribution >= 4 is 40.2 Å². The van der Waals surface area contributed by atoms with Gasteiger partial charge in [-0.3, -0.25) is 0 Å². The summed E-state index contributed by atoms with van der Waals surface area (Å²) in [5, 5.41) is 4.46. The van der Waals surface area contributed by atoms with Crippen molar-refractivity contribution < 1.29 is 4.74 Å². The molecular weight excluding hydrogens is 467 g/mol. The Morgan fingerprint density at radius 3 is 2.26 bits per heavy atom. The van der Waals surface area contributed by atoms with Gasteiger partial charge in [0.05, 0.1) is 5.69 Å². The highest BCUT2D eigenvalue weighted by atomic mass is 16.5. The highest BCUT2D eigenvalue weighted by molar-refractivity contribution is 6.98. The summed E-state index contributed by atoms with van der Waals surface area (Å²) in [6.07, 6.45) is 5.51. The molecule has 3 heterocycles. The van der Waals surface area contributed by atoms with Crippen molar-refractivity contribution in [3.63, 3.8) is 0 Å². The van der Waals surface area contributed by atoms with E-state index in [9.17, 15) is 0 Å². The Bertz CT molecular complexity index is 1710. The van der Waals surface area contributed by atoms with Crippen LogP contribution in [0.3, 0.4) is 0 Å². The van der Waals surface area contributed by atoms with E-state index in [1.54, 1.807) is 12.4 Å². The maximum absolute atomic E-state index is 6.20. The van der Waals surface area contributed by atoms with Crippen molar-refractivity contribution in [2.24, 2.45) is 0 Å². The molecule has 1 aliphatic heterocycles. The third-order valence-electron chi connectivity index (χ3n) is 6.89. The van der Waals surface area contributed by atoms with E-state index in [1.807, 2.05) is 47.3 Å². The normalized spacial score (nSPS) is 12.1. The van der Waals surface area contributed by atoms with E-state index in [4.69, 9.17) is 4.74 Å². The molecule has 0 aliphatic carbocycles. The predicted molar refractivity (Wildman–Crippen MR) is 154 cm³/mol. The summed E-state index contributed by atoms with van der Waals surface area (Å²) in [6.45, 7) is 0.00366. The van der Waals surface area contributed by atoms with Crippen molar-refractivity contribution in [2.45, 2.75) is 0 Å². The van der Waals surface area contributed by atoms with Crippen molar-refractivity contribution in [2.75, 3.05) is 4.90 Å². The minimum absolute atomic E-state index is 0.00366. The maximum atomic E-state index is 6.20. The average molecular weight is 490 g/mol. The molecule has 0 bridgehead atoms. The third-order valence-corrected chi connectivity index (χ3v) is 6.89. The van der Waals surface area contributed by atoms with Crippen LogP contribution in [0.15, 0.2) is 140 Å². The molecule has 0 saturated carbocycles. The highest BCUT2D eigenvalue weighted by Crippen LogP contribution is 2.37. The number of hydrogen-bond donors (Lipinski definition) is 0. The zero-order valence-corrected chi connectivity index (χ0v) is 20.6. The van der Waals surface area contributed by atoms with E-state index in [2.05, 4.69) is 99.9 Å². The topological polar surface area (TPSA) is 43.2 Å². The van der Waals surface area contributed by atoms with Crippen LogP contribution in [0.2, 0.25) is 0 Å². The van der Waals surface area contributed by atoms with Gasteiger partial charge >= 0.3 is 0 Å². The Labute approximate surface area is 221 Å². The van der Waals surface area contributed by atoms with Gasteiger partial charge in [-0.25, -0.2) is 9.67 Å². The number of ether oxygens (including phenoxy) is 1. The smallest absolute Gasteiger partial charge is 0.246 e. The standard InChI is InChI=1S/C32H23BN4O/c1-2-11-25(12-3-1)37-30-15-5-4-14-28(30)33(24-10-8-13-26(22-24)36-21-9-20-35-36)29-23-27(17-18-31(29)37)38-32-16-6-7-19-34-32/h1-23H. The molecule has 0 atom stereocenters. The van der Waals surface area contributed by atoms with Crippen LogP contribution in [0.5, 0.6) is 11.6 Å². The Kier molecular flexibility index (Phi) is 5.48. The molecule has 6 aromatic rings. The molecule has 0 spiro atoms. The fourth-order valence-corrected chi connectivity index (χ4v) is 5.27. The van der Waals surface area contributed by atoms with Gasteiger partial charge in [-0.2, -0.15) is 5.10 Å². The lowest BCUT2D eigenvalue weighted by Crippen LogP contribution is -2.57. The molecule has 2 aromatic heterocycles. The van der Waals surface area contributed by atoms with Gasteiger partial charge in [-0.05, 0) is 71.6 Å². The molecule has 0 fully saturated rings. The summed E-state index contributed by atoms with van der Waals surface area (Å²) in [5.41, 5.74) is 8.02. The molecule has 0 unspecified atom stereocenters. The van der Waals surface area contributed by atoms with Gasteiger partial charge in [0, 0.05) is 41.7 Å². The fraction of sp³-hybridized carbons (Fsp3) is 0. The van der Waals surface area contributed by atoms with Crippen LogP contribution in [-0.4, -0.2) is 21.5 Å². The first kappa shape index (κ1) is 22.1.